The summed E-state index contributed by atoms with van der Waals surface area (Å²) in [5.41, 5.74) is -3.57. The van der Waals surface area contributed by atoms with Crippen LogP contribution < -0.4 is 0 Å². The Morgan fingerprint density at radius 1 is 1.03 bits per heavy atom. The molecule has 3 N–H and O–H groups in total. The highest BCUT2D eigenvalue weighted by Gasteiger charge is 2.83. The van der Waals surface area contributed by atoms with Crippen molar-refractivity contribution in [2.75, 3.05) is 7.11 Å². The van der Waals surface area contributed by atoms with Crippen molar-refractivity contribution in [2.24, 2.45) is 46.3 Å². The van der Waals surface area contributed by atoms with E-state index in [-0.39, 0.29) is 47.4 Å². The molecule has 3 aliphatic heterocycles. The van der Waals surface area contributed by atoms with Gasteiger partial charge in [-0.1, -0.05) is 20.8 Å². The summed E-state index contributed by atoms with van der Waals surface area (Å²) in [4.78, 5) is 26.3. The van der Waals surface area contributed by atoms with Crippen LogP contribution in [0.2, 0.25) is 0 Å². The maximum absolute atomic E-state index is 13.8. The monoisotopic (exact) mass is 534 g/mol. The summed E-state index contributed by atoms with van der Waals surface area (Å²) in [6.07, 6.45) is -0.297. The summed E-state index contributed by atoms with van der Waals surface area (Å²) < 4.78 is 24.2. The van der Waals surface area contributed by atoms with Crippen LogP contribution in [0.5, 0.6) is 0 Å². The quantitative estimate of drug-likeness (QED) is 0.339. The molecule has 0 unspecified atom stereocenters. The number of Topliss-reactive ketones (excluding diaryl/α,β-unsaturated/α-hetero) is 1. The molecule has 0 radical (unpaired) electrons. The first-order valence-corrected chi connectivity index (χ1v) is 14.4. The number of rotatable bonds is 1. The molecular formula is C29H42O9. The standard InChI is InChI=1S/C29H42O9/c1-12-13(2)29(38-23(12)32)24(33)27(5,34)21-17(36-29)10-16-14-9-20-28(37-20)22(31)18(35-6)11-19(30)26(28,4)15(14)7-8-25(16,21)3/h12-18,20-22,24,31,33-34H,7-11H2,1-6H3/t12-,13-,14-,15+,16+,17+,18+,20-,21+,22+,24+,25+,26+,27-,28+,29-/m1/s1. The lowest BCUT2D eigenvalue weighted by molar-refractivity contribution is -0.368. The van der Waals surface area contributed by atoms with E-state index in [1.165, 1.54) is 7.11 Å². The summed E-state index contributed by atoms with van der Waals surface area (Å²) >= 11 is 0. The molecule has 0 bridgehead atoms. The third-order valence-electron chi connectivity index (χ3n) is 13.2. The van der Waals surface area contributed by atoms with E-state index in [2.05, 4.69) is 6.92 Å². The van der Waals surface area contributed by atoms with E-state index in [9.17, 15) is 24.9 Å². The molecule has 7 rings (SSSR count). The zero-order valence-electron chi connectivity index (χ0n) is 23.2. The second-order valence-corrected chi connectivity index (χ2v) is 14.3. The van der Waals surface area contributed by atoms with Gasteiger partial charge in [-0.2, -0.15) is 0 Å². The molecule has 0 aromatic rings. The van der Waals surface area contributed by atoms with Gasteiger partial charge in [0.2, 0.25) is 5.79 Å². The molecule has 7 fully saturated rings. The lowest BCUT2D eigenvalue weighted by atomic mass is 9.43. The first kappa shape index (κ1) is 25.8. The van der Waals surface area contributed by atoms with Crippen LogP contribution in [0.3, 0.4) is 0 Å². The van der Waals surface area contributed by atoms with Gasteiger partial charge in [-0.3, -0.25) is 9.59 Å². The highest BCUT2D eigenvalue weighted by atomic mass is 16.7. The van der Waals surface area contributed by atoms with Crippen LogP contribution in [0.4, 0.5) is 0 Å². The molecular weight excluding hydrogens is 492 g/mol. The number of carbonyl (C=O) groups is 2. The van der Waals surface area contributed by atoms with Crippen LogP contribution in [0, 0.1) is 46.3 Å². The number of epoxide rings is 1. The van der Waals surface area contributed by atoms with Gasteiger partial charge in [0.25, 0.3) is 0 Å². The summed E-state index contributed by atoms with van der Waals surface area (Å²) in [6.45, 7) is 9.48. The second-order valence-electron chi connectivity index (χ2n) is 14.3. The summed E-state index contributed by atoms with van der Waals surface area (Å²) in [6, 6.07) is 0. The zero-order valence-corrected chi connectivity index (χ0v) is 23.2. The fourth-order valence-electron chi connectivity index (χ4n) is 11.1. The van der Waals surface area contributed by atoms with Crippen LogP contribution in [0.15, 0.2) is 0 Å². The van der Waals surface area contributed by atoms with Crippen LogP contribution >= 0.6 is 0 Å². The van der Waals surface area contributed by atoms with Crippen LogP contribution in [0.1, 0.15) is 66.7 Å². The fraction of sp³-hybridized carbons (Fsp3) is 0.931. The van der Waals surface area contributed by atoms with Crippen molar-refractivity contribution in [2.45, 2.75) is 114 Å². The maximum Gasteiger partial charge on any atom is 0.311 e. The number of fused-ring (bicyclic) bond motifs is 6. The lowest BCUT2D eigenvalue weighted by Gasteiger charge is -2.61. The predicted molar refractivity (Wildman–Crippen MR) is 131 cm³/mol. The number of ether oxygens (including phenoxy) is 4. The Bertz CT molecular complexity index is 1090. The SMILES string of the molecule is CO[C@H]1CC(=O)[C@]2(C)[C@H]3CC[C@]4(C)[C@@H]5[C@H](C[C@H]4[C@@H]3C[C@H]3O[C@]32[C@H]1O)O[C@]1(OC(=O)[C@H](C)[C@H]1C)[C@@H](O)[C@]5(C)O. The molecule has 2 spiro atoms. The van der Waals surface area contributed by atoms with Gasteiger partial charge >= 0.3 is 5.97 Å². The molecule has 7 aliphatic rings. The van der Waals surface area contributed by atoms with Crippen molar-refractivity contribution in [3.8, 4) is 0 Å². The average Bonchev–Trinajstić information content (AvgIpc) is 3.46. The first-order chi connectivity index (χ1) is 17.7. The number of hydrogen-bond donors (Lipinski definition) is 3. The van der Waals surface area contributed by atoms with Gasteiger partial charge in [-0.25, -0.2) is 0 Å². The van der Waals surface area contributed by atoms with Crippen molar-refractivity contribution in [3.63, 3.8) is 0 Å². The fourth-order valence-corrected chi connectivity index (χ4v) is 11.1. The van der Waals surface area contributed by atoms with E-state index in [0.29, 0.717) is 6.42 Å². The molecule has 0 aromatic heterocycles. The highest BCUT2D eigenvalue weighted by Crippen LogP contribution is 2.75. The molecule has 0 aromatic carbocycles. The van der Waals surface area contributed by atoms with Gasteiger partial charge in [0.05, 0.1) is 29.6 Å². The number of esters is 1. The number of ketones is 1. The van der Waals surface area contributed by atoms with E-state index in [0.717, 1.165) is 19.3 Å². The Balaban J connectivity index is 1.26. The maximum atomic E-state index is 13.8. The lowest BCUT2D eigenvalue weighted by Crippen LogP contribution is -2.71. The number of methoxy groups -OCH3 is 1. The van der Waals surface area contributed by atoms with E-state index < -0.39 is 64.6 Å². The molecule has 38 heavy (non-hydrogen) atoms. The number of aliphatic hydroxyl groups is 3. The average molecular weight is 535 g/mol. The molecule has 3 saturated heterocycles. The molecule has 16 atom stereocenters. The van der Waals surface area contributed by atoms with Crippen molar-refractivity contribution in [1.82, 2.24) is 0 Å². The van der Waals surface area contributed by atoms with Gasteiger partial charge in [-0.15, -0.1) is 0 Å². The molecule has 4 aliphatic carbocycles. The van der Waals surface area contributed by atoms with E-state index in [1.54, 1.807) is 13.8 Å². The molecule has 4 saturated carbocycles. The van der Waals surface area contributed by atoms with E-state index in [4.69, 9.17) is 18.9 Å². The minimum Gasteiger partial charge on any atom is -0.429 e. The Labute approximate surface area is 223 Å². The third-order valence-corrected chi connectivity index (χ3v) is 13.2. The Morgan fingerprint density at radius 3 is 2.37 bits per heavy atom. The van der Waals surface area contributed by atoms with E-state index in [1.807, 2.05) is 13.8 Å². The van der Waals surface area contributed by atoms with Crippen molar-refractivity contribution < 1.29 is 43.9 Å². The summed E-state index contributed by atoms with van der Waals surface area (Å²) in [5, 5.41) is 34.9. The van der Waals surface area contributed by atoms with Crippen molar-refractivity contribution in [1.29, 1.82) is 0 Å². The predicted octanol–water partition coefficient (Wildman–Crippen LogP) is 1.59. The molecule has 9 heteroatoms. The highest BCUT2D eigenvalue weighted by molar-refractivity contribution is 5.89. The molecule has 0 amide bonds. The summed E-state index contributed by atoms with van der Waals surface area (Å²) in [7, 11) is 1.53. The zero-order chi connectivity index (χ0) is 27.4. The second kappa shape index (κ2) is 7.39. The smallest absolute Gasteiger partial charge is 0.311 e. The van der Waals surface area contributed by atoms with Gasteiger partial charge < -0.3 is 34.3 Å². The van der Waals surface area contributed by atoms with Crippen LogP contribution in [0.25, 0.3) is 0 Å². The Hall–Kier alpha value is -1.10. The Kier molecular flexibility index (Phi) is 5.03. The van der Waals surface area contributed by atoms with Crippen LogP contribution in [-0.4, -0.2) is 81.7 Å². The summed E-state index contributed by atoms with van der Waals surface area (Å²) in [5.74, 6) is -2.79. The number of hydrogen-bond acceptors (Lipinski definition) is 9. The minimum atomic E-state index is -1.57. The molecule has 9 nitrogen and oxygen atoms in total. The first-order valence-electron chi connectivity index (χ1n) is 14.4. The number of carbonyl (C=O) groups excluding carboxylic acids is 2. The number of aliphatic hydroxyl groups excluding tert-OH is 2. The topological polar surface area (TPSA) is 135 Å². The molecule has 3 heterocycles. The van der Waals surface area contributed by atoms with Crippen molar-refractivity contribution in [3.05, 3.63) is 0 Å². The van der Waals surface area contributed by atoms with Crippen molar-refractivity contribution >= 4 is 11.8 Å². The minimum absolute atomic E-state index is 0.0338. The normalized spacial score (nSPS) is 64.4. The Morgan fingerprint density at radius 2 is 1.74 bits per heavy atom. The van der Waals surface area contributed by atoms with Crippen LogP contribution in [-0.2, 0) is 28.5 Å². The van der Waals surface area contributed by atoms with Gasteiger partial charge in [0.15, 0.2) is 0 Å². The largest absolute Gasteiger partial charge is 0.429 e. The third kappa shape index (κ3) is 2.57. The van der Waals surface area contributed by atoms with Gasteiger partial charge in [-0.05, 0) is 62.7 Å². The molecule has 212 valence electrons. The van der Waals surface area contributed by atoms with Gasteiger partial charge in [0, 0.05) is 25.4 Å². The van der Waals surface area contributed by atoms with E-state index >= 15 is 0 Å². The van der Waals surface area contributed by atoms with Gasteiger partial charge in [0.1, 0.15) is 29.2 Å².